The highest BCUT2D eigenvalue weighted by molar-refractivity contribution is 7.99. The topological polar surface area (TPSA) is 37.3 Å². The summed E-state index contributed by atoms with van der Waals surface area (Å²) in [7, 11) is 0. The Kier molecular flexibility index (Phi) is 3.27. The van der Waals surface area contributed by atoms with Gasteiger partial charge in [0.2, 0.25) is 0 Å². The molecule has 3 heteroatoms. The third-order valence-corrected chi connectivity index (χ3v) is 3.18. The molecule has 0 saturated carbocycles. The lowest BCUT2D eigenvalue weighted by Crippen LogP contribution is -1.79. The molecule has 0 bridgehead atoms. The monoisotopic (exact) mass is 230 g/mol. The summed E-state index contributed by atoms with van der Waals surface area (Å²) < 4.78 is 0. The van der Waals surface area contributed by atoms with Crippen molar-refractivity contribution < 1.29 is 9.90 Å². The van der Waals surface area contributed by atoms with Crippen molar-refractivity contribution in [1.29, 1.82) is 0 Å². The van der Waals surface area contributed by atoms with E-state index < -0.39 is 0 Å². The molecule has 0 aromatic heterocycles. The number of phenols is 1. The molecule has 2 nitrogen and oxygen atoms in total. The first kappa shape index (κ1) is 10.8. The molecule has 0 fully saturated rings. The van der Waals surface area contributed by atoms with Gasteiger partial charge in [0, 0.05) is 10.5 Å². The lowest BCUT2D eigenvalue weighted by atomic mass is 10.2. The minimum atomic E-state index is 0.270. The van der Waals surface area contributed by atoms with Crippen LogP contribution in [-0.2, 0) is 0 Å². The van der Waals surface area contributed by atoms with Gasteiger partial charge in [0.05, 0.1) is 4.90 Å². The summed E-state index contributed by atoms with van der Waals surface area (Å²) in [6.07, 6.45) is 0.814. The maximum Gasteiger partial charge on any atom is 0.150 e. The number of carbonyl (C=O) groups excluding carboxylic acids is 1. The zero-order valence-electron chi connectivity index (χ0n) is 8.46. The Hall–Kier alpha value is -1.74. The SMILES string of the molecule is O=Cc1ccc(Sc2ccccc2O)cc1. The third-order valence-electron chi connectivity index (χ3n) is 2.11. The molecule has 0 heterocycles. The zero-order chi connectivity index (χ0) is 11.4. The number of aldehydes is 1. The highest BCUT2D eigenvalue weighted by Crippen LogP contribution is 2.33. The van der Waals surface area contributed by atoms with Crippen LogP contribution in [0.1, 0.15) is 10.4 Å². The van der Waals surface area contributed by atoms with Crippen molar-refractivity contribution in [3.8, 4) is 5.75 Å². The van der Waals surface area contributed by atoms with Crippen molar-refractivity contribution in [3.05, 3.63) is 54.1 Å². The highest BCUT2D eigenvalue weighted by Gasteiger charge is 2.01. The van der Waals surface area contributed by atoms with E-state index in [1.807, 2.05) is 24.3 Å². The Morgan fingerprint density at radius 1 is 1.00 bits per heavy atom. The minimum absolute atomic E-state index is 0.270. The van der Waals surface area contributed by atoms with E-state index in [0.29, 0.717) is 5.56 Å². The highest BCUT2D eigenvalue weighted by atomic mass is 32.2. The van der Waals surface area contributed by atoms with Crippen LogP contribution in [0.15, 0.2) is 58.3 Å². The summed E-state index contributed by atoms with van der Waals surface area (Å²) in [5.74, 6) is 0.270. The fourth-order valence-electron chi connectivity index (χ4n) is 1.28. The summed E-state index contributed by atoms with van der Waals surface area (Å²) in [6, 6.07) is 14.4. The molecule has 2 aromatic carbocycles. The average Bonchev–Trinajstić information content (AvgIpc) is 2.33. The van der Waals surface area contributed by atoms with Crippen LogP contribution in [0.4, 0.5) is 0 Å². The van der Waals surface area contributed by atoms with Gasteiger partial charge in [-0.2, -0.15) is 0 Å². The van der Waals surface area contributed by atoms with Crippen LogP contribution in [0.5, 0.6) is 5.75 Å². The molecule has 16 heavy (non-hydrogen) atoms. The first-order chi connectivity index (χ1) is 7.79. The zero-order valence-corrected chi connectivity index (χ0v) is 9.28. The Bertz CT molecular complexity index is 492. The number of phenolic OH excluding ortho intramolecular Hbond substituents is 1. The van der Waals surface area contributed by atoms with Crippen molar-refractivity contribution in [2.75, 3.05) is 0 Å². The van der Waals surface area contributed by atoms with E-state index in [2.05, 4.69) is 0 Å². The van der Waals surface area contributed by atoms with Crippen molar-refractivity contribution in [2.45, 2.75) is 9.79 Å². The molecule has 2 aromatic rings. The number of hydrogen-bond acceptors (Lipinski definition) is 3. The van der Waals surface area contributed by atoms with E-state index >= 15 is 0 Å². The van der Waals surface area contributed by atoms with Crippen molar-refractivity contribution in [1.82, 2.24) is 0 Å². The molecule has 0 atom stereocenters. The Morgan fingerprint density at radius 2 is 1.69 bits per heavy atom. The van der Waals surface area contributed by atoms with E-state index in [0.717, 1.165) is 16.1 Å². The van der Waals surface area contributed by atoms with E-state index in [9.17, 15) is 9.90 Å². The van der Waals surface area contributed by atoms with Gasteiger partial charge in [0.15, 0.2) is 0 Å². The van der Waals surface area contributed by atoms with E-state index in [4.69, 9.17) is 0 Å². The fraction of sp³-hybridized carbons (Fsp3) is 0. The predicted octanol–water partition coefficient (Wildman–Crippen LogP) is 3.36. The predicted molar refractivity (Wildman–Crippen MR) is 64.1 cm³/mol. The Balaban J connectivity index is 2.21. The largest absolute Gasteiger partial charge is 0.507 e. The average molecular weight is 230 g/mol. The molecular formula is C13H10O2S. The molecule has 0 amide bonds. The van der Waals surface area contributed by atoms with Crippen LogP contribution in [0.25, 0.3) is 0 Å². The van der Waals surface area contributed by atoms with Crippen molar-refractivity contribution >= 4 is 18.0 Å². The molecule has 1 N–H and O–H groups in total. The minimum Gasteiger partial charge on any atom is -0.507 e. The smallest absolute Gasteiger partial charge is 0.150 e. The van der Waals surface area contributed by atoms with Gasteiger partial charge in [0.25, 0.3) is 0 Å². The summed E-state index contributed by atoms with van der Waals surface area (Å²) >= 11 is 1.47. The first-order valence-corrected chi connectivity index (χ1v) is 5.62. The summed E-state index contributed by atoms with van der Waals surface area (Å²) in [6.45, 7) is 0. The molecule has 0 aliphatic heterocycles. The standard InChI is InChI=1S/C13H10O2S/c14-9-10-5-7-11(8-6-10)16-13-4-2-1-3-12(13)15/h1-9,15H. The quantitative estimate of drug-likeness (QED) is 0.821. The number of para-hydroxylation sites is 1. The van der Waals surface area contributed by atoms with Gasteiger partial charge in [-0.3, -0.25) is 4.79 Å². The molecule has 0 aliphatic carbocycles. The molecule has 0 aliphatic rings. The summed E-state index contributed by atoms with van der Waals surface area (Å²) in [5.41, 5.74) is 0.654. The maximum absolute atomic E-state index is 10.5. The molecule has 0 saturated heterocycles. The maximum atomic E-state index is 10.5. The van der Waals surface area contributed by atoms with E-state index in [1.165, 1.54) is 11.8 Å². The van der Waals surface area contributed by atoms with Gasteiger partial charge in [-0.25, -0.2) is 0 Å². The van der Waals surface area contributed by atoms with Gasteiger partial charge >= 0.3 is 0 Å². The van der Waals surface area contributed by atoms with Crippen LogP contribution in [0.2, 0.25) is 0 Å². The molecular weight excluding hydrogens is 220 g/mol. The number of carbonyl (C=O) groups is 1. The van der Waals surface area contributed by atoms with Gasteiger partial charge in [-0.1, -0.05) is 36.0 Å². The molecule has 0 unspecified atom stereocenters. The van der Waals surface area contributed by atoms with Gasteiger partial charge in [-0.15, -0.1) is 0 Å². The lowest BCUT2D eigenvalue weighted by Gasteiger charge is -2.03. The fourth-order valence-corrected chi connectivity index (χ4v) is 2.13. The van der Waals surface area contributed by atoms with Crippen LogP contribution < -0.4 is 0 Å². The number of aromatic hydroxyl groups is 1. The first-order valence-electron chi connectivity index (χ1n) is 4.80. The second-order valence-electron chi connectivity index (χ2n) is 3.26. The van der Waals surface area contributed by atoms with E-state index in [-0.39, 0.29) is 5.75 Å². The normalized spacial score (nSPS) is 10.0. The molecule has 80 valence electrons. The van der Waals surface area contributed by atoms with Gasteiger partial charge < -0.3 is 5.11 Å². The van der Waals surface area contributed by atoms with Crippen molar-refractivity contribution in [3.63, 3.8) is 0 Å². The molecule has 0 spiro atoms. The Morgan fingerprint density at radius 3 is 2.31 bits per heavy atom. The van der Waals surface area contributed by atoms with E-state index in [1.54, 1.807) is 24.3 Å². The van der Waals surface area contributed by atoms with Crippen LogP contribution in [0.3, 0.4) is 0 Å². The van der Waals surface area contributed by atoms with Crippen LogP contribution in [0, 0.1) is 0 Å². The van der Waals surface area contributed by atoms with Gasteiger partial charge in [-0.05, 0) is 24.3 Å². The van der Waals surface area contributed by atoms with Gasteiger partial charge in [0.1, 0.15) is 12.0 Å². The number of hydrogen-bond donors (Lipinski definition) is 1. The molecule has 0 radical (unpaired) electrons. The molecule has 2 rings (SSSR count). The number of rotatable bonds is 3. The summed E-state index contributed by atoms with van der Waals surface area (Å²) in [4.78, 5) is 12.3. The van der Waals surface area contributed by atoms with Crippen molar-refractivity contribution in [2.24, 2.45) is 0 Å². The van der Waals surface area contributed by atoms with Crippen LogP contribution in [-0.4, -0.2) is 11.4 Å². The summed E-state index contributed by atoms with van der Waals surface area (Å²) in [5, 5.41) is 9.60. The third kappa shape index (κ3) is 2.44. The Labute approximate surface area is 97.9 Å². The number of benzene rings is 2. The lowest BCUT2D eigenvalue weighted by molar-refractivity contribution is 0.112. The second-order valence-corrected chi connectivity index (χ2v) is 4.37. The second kappa shape index (κ2) is 4.86. The van der Waals surface area contributed by atoms with Crippen LogP contribution >= 0.6 is 11.8 Å².